The Morgan fingerprint density at radius 1 is 1.30 bits per heavy atom. The van der Waals surface area contributed by atoms with Crippen LogP contribution in [0.5, 0.6) is 0 Å². The molecule has 0 radical (unpaired) electrons. The van der Waals surface area contributed by atoms with Gasteiger partial charge >= 0.3 is 6.18 Å². The Balaban J connectivity index is 1.68. The van der Waals surface area contributed by atoms with Crippen molar-refractivity contribution in [2.24, 2.45) is 12.5 Å². The Bertz CT molecular complexity index is 480. The van der Waals surface area contributed by atoms with Crippen molar-refractivity contribution in [3.63, 3.8) is 0 Å². The van der Waals surface area contributed by atoms with Crippen LogP contribution < -0.4 is 5.32 Å². The maximum Gasteiger partial charge on any atom is 0.419 e. The van der Waals surface area contributed by atoms with Crippen LogP contribution in [0.3, 0.4) is 0 Å². The van der Waals surface area contributed by atoms with Gasteiger partial charge in [0.1, 0.15) is 0 Å². The maximum absolute atomic E-state index is 12.9. The van der Waals surface area contributed by atoms with Crippen molar-refractivity contribution in [2.75, 3.05) is 26.2 Å². The normalized spacial score (nSPS) is 23.0. The van der Waals surface area contributed by atoms with E-state index in [9.17, 15) is 13.2 Å². The van der Waals surface area contributed by atoms with Crippen molar-refractivity contribution in [3.05, 3.63) is 17.5 Å². The zero-order chi connectivity index (χ0) is 14.4. The molecular formula is C13H19F3N4. The molecule has 1 aromatic rings. The van der Waals surface area contributed by atoms with Gasteiger partial charge in [-0.1, -0.05) is 0 Å². The van der Waals surface area contributed by atoms with Crippen LogP contribution in [-0.2, 0) is 19.8 Å². The van der Waals surface area contributed by atoms with Gasteiger partial charge in [0, 0.05) is 26.7 Å². The monoisotopic (exact) mass is 288 g/mol. The zero-order valence-electron chi connectivity index (χ0n) is 11.5. The van der Waals surface area contributed by atoms with Crippen molar-refractivity contribution < 1.29 is 13.2 Å². The first-order chi connectivity index (χ1) is 9.40. The number of rotatable bonds is 2. The zero-order valence-corrected chi connectivity index (χ0v) is 11.5. The summed E-state index contributed by atoms with van der Waals surface area (Å²) in [6, 6.07) is 0. The number of likely N-dealkylation sites (tertiary alicyclic amines) is 1. The molecule has 2 aliphatic rings. The van der Waals surface area contributed by atoms with Gasteiger partial charge in [-0.05, 0) is 31.3 Å². The molecule has 20 heavy (non-hydrogen) atoms. The molecule has 4 nitrogen and oxygen atoms in total. The van der Waals surface area contributed by atoms with Crippen LogP contribution in [0.15, 0.2) is 6.20 Å². The molecule has 7 heteroatoms. The molecule has 1 N–H and O–H groups in total. The summed E-state index contributed by atoms with van der Waals surface area (Å²) in [6.07, 6.45) is -1.26. The maximum atomic E-state index is 12.9. The third-order valence-electron chi connectivity index (χ3n) is 4.66. The van der Waals surface area contributed by atoms with Gasteiger partial charge in [0.25, 0.3) is 0 Å². The predicted molar refractivity (Wildman–Crippen MR) is 68.0 cm³/mol. The molecule has 2 fully saturated rings. The fourth-order valence-electron chi connectivity index (χ4n) is 3.12. The van der Waals surface area contributed by atoms with Crippen molar-refractivity contribution in [1.29, 1.82) is 0 Å². The first kappa shape index (κ1) is 13.9. The van der Waals surface area contributed by atoms with Gasteiger partial charge in [0.05, 0.1) is 17.5 Å². The van der Waals surface area contributed by atoms with Crippen LogP contribution in [-0.4, -0.2) is 40.9 Å². The Labute approximate surface area is 115 Å². The molecule has 3 rings (SSSR count). The number of halogens is 3. The lowest BCUT2D eigenvalue weighted by Crippen LogP contribution is -2.58. The first-order valence-electron chi connectivity index (χ1n) is 6.91. The predicted octanol–water partition coefficient (Wildman–Crippen LogP) is 1.62. The SMILES string of the molecule is Cn1ncc(C(F)(F)F)c1CN1CCC2(CC1)CNC2. The minimum Gasteiger partial charge on any atom is -0.316 e. The molecule has 1 aromatic heterocycles. The molecule has 3 heterocycles. The quantitative estimate of drug-likeness (QED) is 0.898. The lowest BCUT2D eigenvalue weighted by atomic mass is 9.73. The average molecular weight is 288 g/mol. The van der Waals surface area contributed by atoms with Crippen LogP contribution in [0.2, 0.25) is 0 Å². The lowest BCUT2D eigenvalue weighted by molar-refractivity contribution is -0.138. The third-order valence-corrected chi connectivity index (χ3v) is 4.66. The second kappa shape index (κ2) is 4.73. The molecule has 0 aromatic carbocycles. The van der Waals surface area contributed by atoms with Crippen LogP contribution in [0.1, 0.15) is 24.1 Å². The van der Waals surface area contributed by atoms with Crippen LogP contribution in [0.4, 0.5) is 13.2 Å². The highest BCUT2D eigenvalue weighted by Crippen LogP contribution is 2.36. The Hall–Kier alpha value is -1.08. The van der Waals surface area contributed by atoms with Gasteiger partial charge in [0.15, 0.2) is 0 Å². The van der Waals surface area contributed by atoms with E-state index < -0.39 is 11.7 Å². The number of nitrogens with zero attached hydrogens (tertiary/aromatic N) is 3. The molecule has 0 aliphatic carbocycles. The van der Waals surface area contributed by atoms with Crippen molar-refractivity contribution in [2.45, 2.75) is 25.6 Å². The largest absolute Gasteiger partial charge is 0.419 e. The number of aromatic nitrogens is 2. The summed E-state index contributed by atoms with van der Waals surface area (Å²) in [5.74, 6) is 0. The highest BCUT2D eigenvalue weighted by Gasteiger charge is 2.41. The standard InChI is InChI=1S/C13H19F3N4/c1-19-11(10(6-18-19)13(14,15)16)7-20-4-2-12(3-5-20)8-17-9-12/h6,17H,2-5,7-9H2,1H3. The molecule has 0 atom stereocenters. The molecular weight excluding hydrogens is 269 g/mol. The number of piperidine rings is 1. The van der Waals surface area contributed by atoms with Crippen LogP contribution >= 0.6 is 0 Å². The van der Waals surface area contributed by atoms with Gasteiger partial charge in [-0.3, -0.25) is 9.58 Å². The molecule has 112 valence electrons. The molecule has 0 bridgehead atoms. The van der Waals surface area contributed by atoms with E-state index in [2.05, 4.69) is 15.3 Å². The van der Waals surface area contributed by atoms with Crippen LogP contribution in [0.25, 0.3) is 0 Å². The first-order valence-corrected chi connectivity index (χ1v) is 6.91. The summed E-state index contributed by atoms with van der Waals surface area (Å²) in [4.78, 5) is 2.11. The van der Waals surface area contributed by atoms with Crippen LogP contribution in [0, 0.1) is 5.41 Å². The summed E-state index contributed by atoms with van der Waals surface area (Å²) in [5.41, 5.74) is 0.0706. The summed E-state index contributed by atoms with van der Waals surface area (Å²) < 4.78 is 40.1. The van der Waals surface area contributed by atoms with Gasteiger partial charge in [-0.15, -0.1) is 0 Å². The number of nitrogens with one attached hydrogen (secondary N) is 1. The van der Waals surface area contributed by atoms with Gasteiger partial charge in [-0.25, -0.2) is 0 Å². The second-order valence-electron chi connectivity index (χ2n) is 6.01. The van der Waals surface area contributed by atoms with Crippen molar-refractivity contribution >= 4 is 0 Å². The fraction of sp³-hybridized carbons (Fsp3) is 0.769. The minimum absolute atomic E-state index is 0.264. The Kier molecular flexibility index (Phi) is 3.29. The molecule has 0 amide bonds. The molecule has 0 saturated carbocycles. The third kappa shape index (κ3) is 2.44. The van der Waals surface area contributed by atoms with Crippen molar-refractivity contribution in [3.8, 4) is 0 Å². The van der Waals surface area contributed by atoms with E-state index in [1.165, 1.54) is 4.68 Å². The summed E-state index contributed by atoms with van der Waals surface area (Å²) in [7, 11) is 1.58. The van der Waals surface area contributed by atoms with Gasteiger partial charge in [-0.2, -0.15) is 18.3 Å². The van der Waals surface area contributed by atoms with E-state index in [4.69, 9.17) is 0 Å². The van der Waals surface area contributed by atoms with Gasteiger partial charge in [0.2, 0.25) is 0 Å². The highest BCUT2D eigenvalue weighted by atomic mass is 19.4. The molecule has 2 aliphatic heterocycles. The second-order valence-corrected chi connectivity index (χ2v) is 6.01. The molecule has 0 unspecified atom stereocenters. The summed E-state index contributed by atoms with van der Waals surface area (Å²) >= 11 is 0. The molecule has 2 saturated heterocycles. The molecule has 1 spiro atoms. The topological polar surface area (TPSA) is 33.1 Å². The number of hydrogen-bond donors (Lipinski definition) is 1. The minimum atomic E-state index is -4.32. The Morgan fingerprint density at radius 3 is 2.45 bits per heavy atom. The summed E-state index contributed by atoms with van der Waals surface area (Å²) in [6.45, 7) is 4.17. The van der Waals surface area contributed by atoms with E-state index in [1.807, 2.05) is 0 Å². The lowest BCUT2D eigenvalue weighted by Gasteiger charge is -2.48. The number of aryl methyl sites for hydroxylation is 1. The van der Waals surface area contributed by atoms with Gasteiger partial charge < -0.3 is 5.32 Å². The average Bonchev–Trinajstić information content (AvgIpc) is 2.70. The fourth-order valence-corrected chi connectivity index (χ4v) is 3.12. The number of alkyl halides is 3. The van der Waals surface area contributed by atoms with E-state index >= 15 is 0 Å². The Morgan fingerprint density at radius 2 is 1.95 bits per heavy atom. The summed E-state index contributed by atoms with van der Waals surface area (Å²) in [5, 5.41) is 7.05. The van der Waals surface area contributed by atoms with E-state index in [1.54, 1.807) is 7.05 Å². The van der Waals surface area contributed by atoms with E-state index in [-0.39, 0.29) is 5.69 Å². The van der Waals surface area contributed by atoms with E-state index in [0.29, 0.717) is 12.0 Å². The van der Waals surface area contributed by atoms with E-state index in [0.717, 1.165) is 45.2 Å². The number of hydrogen-bond acceptors (Lipinski definition) is 3. The highest BCUT2D eigenvalue weighted by molar-refractivity contribution is 5.21. The smallest absolute Gasteiger partial charge is 0.316 e. The van der Waals surface area contributed by atoms with Crippen molar-refractivity contribution in [1.82, 2.24) is 20.0 Å².